The molecule has 1 N–H and O–H groups in total. The van der Waals surface area contributed by atoms with E-state index in [-0.39, 0.29) is 16.9 Å². The highest BCUT2D eigenvalue weighted by Crippen LogP contribution is 2.29. The molecule has 9 heteroatoms. The summed E-state index contributed by atoms with van der Waals surface area (Å²) in [6.07, 6.45) is 1.36. The Bertz CT molecular complexity index is 1090. The average molecular weight is 433 g/mol. The molecule has 0 fully saturated rings. The number of ether oxygens (including phenoxy) is 1. The highest BCUT2D eigenvalue weighted by Gasteiger charge is 2.26. The molecule has 0 unspecified atom stereocenters. The minimum Gasteiger partial charge on any atom is -0.471 e. The number of carbonyl (C=O) groups is 1. The third-order valence-electron chi connectivity index (χ3n) is 4.29. The molecule has 0 atom stereocenters. The third kappa shape index (κ3) is 5.36. The Morgan fingerprint density at radius 3 is 2.48 bits per heavy atom. The zero-order chi connectivity index (χ0) is 22.8. The number of nitrogens with zero attached hydrogens (tertiary/aromatic N) is 2. The summed E-state index contributed by atoms with van der Waals surface area (Å²) in [5.74, 6) is -6.28. The molecule has 0 bridgehead atoms. The van der Waals surface area contributed by atoms with Gasteiger partial charge in [-0.25, -0.2) is 22.5 Å². The first-order chi connectivity index (χ1) is 14.5. The number of benzene rings is 1. The minimum atomic E-state index is -3.22. The number of hydrogen-bond acceptors (Lipinski definition) is 4. The summed E-state index contributed by atoms with van der Waals surface area (Å²) in [7, 11) is 0. The van der Waals surface area contributed by atoms with Crippen molar-refractivity contribution in [3.05, 3.63) is 71.1 Å². The zero-order valence-corrected chi connectivity index (χ0v) is 17.0. The summed E-state index contributed by atoms with van der Waals surface area (Å²) in [6.45, 7) is 2.85. The van der Waals surface area contributed by atoms with Gasteiger partial charge in [0.15, 0.2) is 12.4 Å². The molecule has 0 aliphatic rings. The number of anilines is 1. The van der Waals surface area contributed by atoms with Gasteiger partial charge in [0, 0.05) is 24.4 Å². The Morgan fingerprint density at radius 2 is 1.87 bits per heavy atom. The first-order valence-electron chi connectivity index (χ1n) is 9.26. The Balaban J connectivity index is 2.04. The van der Waals surface area contributed by atoms with Gasteiger partial charge in [-0.2, -0.15) is 0 Å². The van der Waals surface area contributed by atoms with Crippen LogP contribution >= 0.6 is 0 Å². The first-order valence-corrected chi connectivity index (χ1v) is 9.26. The molecule has 0 saturated heterocycles. The van der Waals surface area contributed by atoms with E-state index >= 15 is 0 Å². The summed E-state index contributed by atoms with van der Waals surface area (Å²) >= 11 is 0. The van der Waals surface area contributed by atoms with Crippen LogP contribution in [0.1, 0.15) is 28.5 Å². The number of amides is 1. The molecule has 0 spiro atoms. The van der Waals surface area contributed by atoms with Crippen LogP contribution in [0.4, 0.5) is 23.2 Å². The van der Waals surface area contributed by atoms with E-state index in [2.05, 4.69) is 15.3 Å². The standard InChI is InChI=1S/C22H19F4N3O2/c1-12-5-4-6-16(23)18(12)28-20(30)15-9-17(24)19(14-8-7-13(2)27-10-14)29-21(15)31-11-22(3,25)26/h4-10H,11H2,1-3H3,(H,28,30). The van der Waals surface area contributed by atoms with Gasteiger partial charge in [-0.3, -0.25) is 9.78 Å². The molecular weight excluding hydrogens is 414 g/mol. The van der Waals surface area contributed by atoms with Crippen molar-refractivity contribution in [1.82, 2.24) is 9.97 Å². The van der Waals surface area contributed by atoms with E-state index in [9.17, 15) is 22.4 Å². The van der Waals surface area contributed by atoms with Crippen molar-refractivity contribution in [2.45, 2.75) is 26.7 Å². The maximum atomic E-state index is 14.8. The summed E-state index contributed by atoms with van der Waals surface area (Å²) in [4.78, 5) is 20.8. The van der Waals surface area contributed by atoms with Crippen LogP contribution in [-0.4, -0.2) is 28.4 Å². The minimum absolute atomic E-state index is 0.119. The number of aryl methyl sites for hydroxylation is 2. The summed E-state index contributed by atoms with van der Waals surface area (Å²) in [5.41, 5.74) is 0.586. The Hall–Kier alpha value is -3.49. The molecule has 31 heavy (non-hydrogen) atoms. The number of rotatable bonds is 6. The lowest BCUT2D eigenvalue weighted by Gasteiger charge is -2.16. The fraction of sp³-hybridized carbons (Fsp3) is 0.227. The van der Waals surface area contributed by atoms with Crippen LogP contribution < -0.4 is 10.1 Å². The second-order valence-corrected chi connectivity index (χ2v) is 7.10. The van der Waals surface area contributed by atoms with Crippen molar-refractivity contribution in [2.24, 2.45) is 0 Å². The summed E-state index contributed by atoms with van der Waals surface area (Å²) < 4.78 is 60.7. The number of hydrogen-bond donors (Lipinski definition) is 1. The van der Waals surface area contributed by atoms with Crippen LogP contribution in [0.15, 0.2) is 42.6 Å². The van der Waals surface area contributed by atoms with Crippen molar-refractivity contribution in [2.75, 3.05) is 11.9 Å². The second-order valence-electron chi connectivity index (χ2n) is 7.10. The molecular formula is C22H19F4N3O2. The third-order valence-corrected chi connectivity index (χ3v) is 4.29. The number of para-hydroxylation sites is 1. The van der Waals surface area contributed by atoms with E-state index in [1.165, 1.54) is 12.3 Å². The molecule has 0 aliphatic heterocycles. The molecule has 0 radical (unpaired) electrons. The smallest absolute Gasteiger partial charge is 0.278 e. The number of alkyl halides is 2. The predicted octanol–water partition coefficient (Wildman–Crippen LogP) is 5.32. The molecule has 1 aromatic carbocycles. The van der Waals surface area contributed by atoms with E-state index in [1.54, 1.807) is 32.0 Å². The van der Waals surface area contributed by atoms with Gasteiger partial charge < -0.3 is 10.1 Å². The van der Waals surface area contributed by atoms with Gasteiger partial charge in [-0.05, 0) is 43.7 Å². The lowest BCUT2D eigenvalue weighted by atomic mass is 10.1. The molecule has 2 heterocycles. The maximum absolute atomic E-state index is 14.8. The van der Waals surface area contributed by atoms with Gasteiger partial charge in [0.1, 0.15) is 17.1 Å². The number of carbonyl (C=O) groups excluding carboxylic acids is 1. The van der Waals surface area contributed by atoms with Crippen molar-refractivity contribution >= 4 is 11.6 Å². The fourth-order valence-electron chi connectivity index (χ4n) is 2.72. The van der Waals surface area contributed by atoms with Gasteiger partial charge in [0.05, 0.1) is 5.69 Å². The monoisotopic (exact) mass is 433 g/mol. The molecule has 0 aliphatic carbocycles. The lowest BCUT2D eigenvalue weighted by Crippen LogP contribution is -2.23. The SMILES string of the molecule is Cc1ccc(-c2nc(OCC(C)(F)F)c(C(=O)Nc3c(C)cccc3F)cc2F)cn1. The van der Waals surface area contributed by atoms with Crippen molar-refractivity contribution < 1.29 is 27.1 Å². The Kier molecular flexibility index (Phi) is 6.24. The molecule has 5 nitrogen and oxygen atoms in total. The van der Waals surface area contributed by atoms with Crippen molar-refractivity contribution in [1.29, 1.82) is 0 Å². The van der Waals surface area contributed by atoms with Gasteiger partial charge in [-0.1, -0.05) is 12.1 Å². The molecule has 1 amide bonds. The van der Waals surface area contributed by atoms with Gasteiger partial charge in [0.25, 0.3) is 11.8 Å². The van der Waals surface area contributed by atoms with E-state index in [0.717, 1.165) is 12.1 Å². The number of pyridine rings is 2. The van der Waals surface area contributed by atoms with Crippen LogP contribution in [0, 0.1) is 25.5 Å². The van der Waals surface area contributed by atoms with Crippen LogP contribution in [0.5, 0.6) is 5.88 Å². The number of nitrogens with one attached hydrogen (secondary N) is 1. The fourth-order valence-corrected chi connectivity index (χ4v) is 2.72. The van der Waals surface area contributed by atoms with Gasteiger partial charge in [-0.15, -0.1) is 0 Å². The van der Waals surface area contributed by atoms with E-state index in [1.807, 2.05) is 0 Å². The molecule has 3 aromatic rings. The van der Waals surface area contributed by atoms with E-state index in [0.29, 0.717) is 18.2 Å². The number of halogens is 4. The molecule has 0 saturated carbocycles. The summed E-state index contributed by atoms with van der Waals surface area (Å²) in [5, 5.41) is 2.33. The predicted molar refractivity (Wildman–Crippen MR) is 107 cm³/mol. The topological polar surface area (TPSA) is 64.1 Å². The van der Waals surface area contributed by atoms with Crippen molar-refractivity contribution in [3.8, 4) is 17.1 Å². The Labute approximate surface area is 176 Å². The van der Waals surface area contributed by atoms with Gasteiger partial charge >= 0.3 is 0 Å². The van der Waals surface area contributed by atoms with Crippen LogP contribution in [-0.2, 0) is 0 Å². The molecule has 3 rings (SSSR count). The van der Waals surface area contributed by atoms with Crippen LogP contribution in [0.3, 0.4) is 0 Å². The summed E-state index contributed by atoms with van der Waals surface area (Å²) in [6, 6.07) is 8.16. The van der Waals surface area contributed by atoms with Crippen molar-refractivity contribution in [3.63, 3.8) is 0 Å². The van der Waals surface area contributed by atoms with Crippen LogP contribution in [0.2, 0.25) is 0 Å². The second kappa shape index (κ2) is 8.71. The lowest BCUT2D eigenvalue weighted by molar-refractivity contribution is -0.0244. The highest BCUT2D eigenvalue weighted by molar-refractivity contribution is 6.06. The maximum Gasteiger partial charge on any atom is 0.278 e. The molecule has 162 valence electrons. The number of aromatic nitrogens is 2. The van der Waals surface area contributed by atoms with E-state index < -0.39 is 41.5 Å². The molecule has 2 aromatic heterocycles. The first kappa shape index (κ1) is 22.2. The largest absolute Gasteiger partial charge is 0.471 e. The quantitative estimate of drug-likeness (QED) is 0.534. The van der Waals surface area contributed by atoms with Crippen LogP contribution in [0.25, 0.3) is 11.3 Å². The highest BCUT2D eigenvalue weighted by atomic mass is 19.3. The Morgan fingerprint density at radius 1 is 1.13 bits per heavy atom. The normalized spacial score (nSPS) is 11.3. The average Bonchev–Trinajstić information content (AvgIpc) is 2.69. The zero-order valence-electron chi connectivity index (χ0n) is 17.0. The van der Waals surface area contributed by atoms with Gasteiger partial charge in [0.2, 0.25) is 5.88 Å². The van der Waals surface area contributed by atoms with E-state index in [4.69, 9.17) is 4.74 Å².